The molecule has 1 aliphatic heterocycles. The van der Waals surface area contributed by atoms with Gasteiger partial charge in [0.2, 0.25) is 5.75 Å². The van der Waals surface area contributed by atoms with Crippen molar-refractivity contribution in [1.82, 2.24) is 0 Å². The fraction of sp³-hybridized carbons (Fsp3) is 0.0435. The normalized spacial score (nSPS) is 14.3. The molecule has 1 fully saturated rings. The molecule has 0 aliphatic carbocycles. The molecule has 0 bridgehead atoms. The van der Waals surface area contributed by atoms with Crippen LogP contribution in [0.25, 0.3) is 6.08 Å². The zero-order valence-corrected chi connectivity index (χ0v) is 20.6. The van der Waals surface area contributed by atoms with Crippen molar-refractivity contribution in [2.24, 2.45) is 0 Å². The van der Waals surface area contributed by atoms with Crippen LogP contribution in [0.1, 0.15) is 5.56 Å². The maximum Gasteiger partial charge on any atom is 0.318 e. The average Bonchev–Trinajstić information content (AvgIpc) is 3.12. The van der Waals surface area contributed by atoms with Crippen LogP contribution in [-0.2, 0) is 4.79 Å². The summed E-state index contributed by atoms with van der Waals surface area (Å²) in [4.78, 5) is 35.8. The summed E-state index contributed by atoms with van der Waals surface area (Å²) in [5, 5.41) is 22.8. The lowest BCUT2D eigenvalue weighted by atomic mass is 10.1. The molecule has 1 saturated heterocycles. The highest BCUT2D eigenvalue weighted by Crippen LogP contribution is 2.40. The Kier molecular flexibility index (Phi) is 7.20. The monoisotopic (exact) mass is 543 g/mol. The first-order valence-corrected chi connectivity index (χ1v) is 11.6. The number of amides is 1. The first-order valence-electron chi connectivity index (χ1n) is 10.0. The molecular formula is C23H14ClN3O7S2. The van der Waals surface area contributed by atoms with E-state index in [1.54, 1.807) is 48.5 Å². The van der Waals surface area contributed by atoms with Crippen molar-refractivity contribution in [2.75, 3.05) is 12.0 Å². The van der Waals surface area contributed by atoms with E-state index in [0.29, 0.717) is 26.9 Å². The van der Waals surface area contributed by atoms with Gasteiger partial charge in [-0.25, -0.2) is 0 Å². The highest BCUT2D eigenvalue weighted by molar-refractivity contribution is 8.27. The van der Waals surface area contributed by atoms with E-state index in [2.05, 4.69) is 0 Å². The molecule has 10 nitrogen and oxygen atoms in total. The van der Waals surface area contributed by atoms with E-state index < -0.39 is 21.2 Å². The summed E-state index contributed by atoms with van der Waals surface area (Å²) >= 11 is 12.7. The Labute approximate surface area is 218 Å². The van der Waals surface area contributed by atoms with E-state index >= 15 is 0 Å². The average molecular weight is 544 g/mol. The van der Waals surface area contributed by atoms with Crippen LogP contribution in [0.5, 0.6) is 17.2 Å². The Morgan fingerprint density at radius 2 is 1.72 bits per heavy atom. The van der Waals surface area contributed by atoms with Crippen LogP contribution in [-0.4, -0.2) is 27.2 Å². The van der Waals surface area contributed by atoms with Crippen molar-refractivity contribution in [3.63, 3.8) is 0 Å². The lowest BCUT2D eigenvalue weighted by Gasteiger charge is -2.15. The molecule has 0 radical (unpaired) electrons. The summed E-state index contributed by atoms with van der Waals surface area (Å²) in [7, 11) is 1.48. The van der Waals surface area contributed by atoms with Crippen LogP contribution < -0.4 is 14.4 Å². The minimum absolute atomic E-state index is 0.188. The summed E-state index contributed by atoms with van der Waals surface area (Å²) in [6.07, 6.45) is 1.55. The van der Waals surface area contributed by atoms with Crippen molar-refractivity contribution in [2.45, 2.75) is 0 Å². The van der Waals surface area contributed by atoms with Crippen molar-refractivity contribution in [1.29, 1.82) is 0 Å². The quantitative estimate of drug-likeness (QED) is 0.145. The van der Waals surface area contributed by atoms with Gasteiger partial charge in [-0.2, -0.15) is 0 Å². The van der Waals surface area contributed by atoms with Gasteiger partial charge in [0.1, 0.15) is 11.5 Å². The second-order valence-electron chi connectivity index (χ2n) is 7.14. The highest BCUT2D eigenvalue weighted by atomic mass is 35.5. The van der Waals surface area contributed by atoms with Crippen molar-refractivity contribution in [3.05, 3.63) is 96.4 Å². The number of hydrogen-bond acceptors (Lipinski definition) is 9. The lowest BCUT2D eigenvalue weighted by Crippen LogP contribution is -2.27. The van der Waals surface area contributed by atoms with Gasteiger partial charge in [0, 0.05) is 11.6 Å². The number of anilines is 1. The zero-order valence-electron chi connectivity index (χ0n) is 18.2. The van der Waals surface area contributed by atoms with Crippen molar-refractivity contribution < 1.29 is 24.1 Å². The molecule has 36 heavy (non-hydrogen) atoms. The second kappa shape index (κ2) is 10.3. The van der Waals surface area contributed by atoms with E-state index in [-0.39, 0.29) is 21.7 Å². The van der Waals surface area contributed by atoms with Crippen LogP contribution in [0.4, 0.5) is 17.1 Å². The van der Waals surface area contributed by atoms with Crippen LogP contribution in [0.15, 0.2) is 65.6 Å². The number of para-hydroxylation sites is 1. The summed E-state index contributed by atoms with van der Waals surface area (Å²) in [6, 6.07) is 14.5. The topological polar surface area (TPSA) is 125 Å². The number of carbonyl (C=O) groups excluding carboxylic acids is 1. The van der Waals surface area contributed by atoms with E-state index in [1.807, 2.05) is 0 Å². The first kappa shape index (κ1) is 25.1. The van der Waals surface area contributed by atoms with Crippen molar-refractivity contribution >= 4 is 68.9 Å². The molecule has 0 aromatic heterocycles. The molecule has 4 rings (SSSR count). The number of nitro groups is 2. The first-order chi connectivity index (χ1) is 17.2. The number of nitrogens with zero attached hydrogens (tertiary/aromatic N) is 3. The number of ether oxygens (including phenoxy) is 2. The minimum atomic E-state index is -0.768. The lowest BCUT2D eigenvalue weighted by molar-refractivity contribution is -0.394. The molecule has 0 N–H and O–H groups in total. The Morgan fingerprint density at radius 1 is 1.00 bits per heavy atom. The molecule has 182 valence electrons. The molecule has 0 atom stereocenters. The molecule has 3 aromatic rings. The zero-order chi connectivity index (χ0) is 26.0. The highest BCUT2D eigenvalue weighted by Gasteiger charge is 2.34. The maximum absolute atomic E-state index is 13.2. The number of methoxy groups -OCH3 is 1. The van der Waals surface area contributed by atoms with Gasteiger partial charge in [-0.15, -0.1) is 0 Å². The number of halogens is 1. The predicted molar refractivity (Wildman–Crippen MR) is 140 cm³/mol. The third-order valence-corrected chi connectivity index (χ3v) is 6.56. The van der Waals surface area contributed by atoms with E-state index in [0.717, 1.165) is 30.0 Å². The fourth-order valence-electron chi connectivity index (χ4n) is 3.29. The molecular weight excluding hydrogens is 530 g/mol. The van der Waals surface area contributed by atoms with Gasteiger partial charge in [0.05, 0.1) is 38.6 Å². The number of thioether (sulfide) groups is 1. The van der Waals surface area contributed by atoms with Crippen LogP contribution >= 0.6 is 35.6 Å². The van der Waals surface area contributed by atoms with E-state index in [9.17, 15) is 25.0 Å². The molecule has 1 aliphatic rings. The molecule has 13 heteroatoms. The number of non-ortho nitro benzene ring substituents is 1. The molecule has 0 spiro atoms. The minimum Gasteiger partial charge on any atom is -0.495 e. The second-order valence-corrected chi connectivity index (χ2v) is 9.23. The standard InChI is InChI=1S/C23H14ClN3O7S2/c1-33-19-8-6-14(11-16(19)24)25-22(28)21(36-23(25)35)10-13-4-2-3-5-18(13)34-20-9-7-15(26(29)30)12-17(20)27(31)32/h2-12H,1H3/b21-10+. The summed E-state index contributed by atoms with van der Waals surface area (Å²) in [5.41, 5.74) is -0.0949. The summed E-state index contributed by atoms with van der Waals surface area (Å²) in [6.45, 7) is 0. The fourth-order valence-corrected chi connectivity index (χ4v) is 4.83. The third-order valence-electron chi connectivity index (χ3n) is 4.96. The van der Waals surface area contributed by atoms with Crippen LogP contribution in [0, 0.1) is 20.2 Å². The Morgan fingerprint density at radius 3 is 2.39 bits per heavy atom. The Hall–Kier alpha value is -4.00. The van der Waals surface area contributed by atoms with Crippen LogP contribution in [0.3, 0.4) is 0 Å². The largest absolute Gasteiger partial charge is 0.495 e. The number of carbonyl (C=O) groups is 1. The number of nitro benzene ring substituents is 2. The molecule has 1 amide bonds. The van der Waals surface area contributed by atoms with Gasteiger partial charge in [-0.3, -0.25) is 29.9 Å². The number of thiocarbonyl (C=S) groups is 1. The van der Waals surface area contributed by atoms with Gasteiger partial charge in [0.25, 0.3) is 11.6 Å². The molecule has 0 unspecified atom stereocenters. The van der Waals surface area contributed by atoms with E-state index in [4.69, 9.17) is 33.3 Å². The number of rotatable bonds is 7. The predicted octanol–water partition coefficient (Wildman–Crippen LogP) is 6.36. The maximum atomic E-state index is 13.2. The number of hydrogen-bond donors (Lipinski definition) is 0. The van der Waals surface area contributed by atoms with Crippen LogP contribution in [0.2, 0.25) is 5.02 Å². The molecule has 0 saturated carbocycles. The molecule has 1 heterocycles. The van der Waals surface area contributed by atoms with Gasteiger partial charge in [-0.1, -0.05) is 53.8 Å². The van der Waals surface area contributed by atoms with Gasteiger partial charge >= 0.3 is 5.69 Å². The van der Waals surface area contributed by atoms with Crippen molar-refractivity contribution in [3.8, 4) is 17.2 Å². The number of benzene rings is 3. The summed E-state index contributed by atoms with van der Waals surface area (Å²) in [5.74, 6) is 0.0780. The van der Waals surface area contributed by atoms with Gasteiger partial charge in [-0.05, 0) is 36.4 Å². The van der Waals surface area contributed by atoms with Gasteiger partial charge in [0.15, 0.2) is 4.32 Å². The van der Waals surface area contributed by atoms with Gasteiger partial charge < -0.3 is 9.47 Å². The Balaban J connectivity index is 1.67. The third kappa shape index (κ3) is 5.00. The smallest absolute Gasteiger partial charge is 0.318 e. The SMILES string of the molecule is COc1ccc(N2C(=O)/C(=C\c3ccccc3Oc3ccc([N+](=O)[O-])cc3[N+](=O)[O-])SC2=S)cc1Cl. The molecule has 3 aromatic carbocycles. The van der Waals surface area contributed by atoms with E-state index in [1.165, 1.54) is 12.0 Å². The summed E-state index contributed by atoms with van der Waals surface area (Å²) < 4.78 is 11.2. The Bertz CT molecular complexity index is 1460.